The molecule has 0 aromatic heterocycles. The lowest BCUT2D eigenvalue weighted by Crippen LogP contribution is -2.46. The molecule has 2 aromatic rings. The maximum Gasteiger partial charge on any atom is 0.269 e. The highest BCUT2D eigenvalue weighted by Gasteiger charge is 2.36. The molecule has 0 N–H and O–H groups in total. The van der Waals surface area contributed by atoms with Crippen LogP contribution in [0.3, 0.4) is 0 Å². The summed E-state index contributed by atoms with van der Waals surface area (Å²) in [6.07, 6.45) is 2.17. The van der Waals surface area contributed by atoms with E-state index in [-0.39, 0.29) is 17.9 Å². The summed E-state index contributed by atoms with van der Waals surface area (Å²) < 4.78 is 23.3. The molecule has 0 bridgehead atoms. The molecule has 0 radical (unpaired) electrons. The van der Waals surface area contributed by atoms with Crippen molar-refractivity contribution in [3.05, 3.63) is 82.4 Å². The molecular weight excluding hydrogens is 338 g/mol. The summed E-state index contributed by atoms with van der Waals surface area (Å²) in [6.45, 7) is 0.384. The second-order valence-electron chi connectivity index (χ2n) is 5.97. The predicted molar refractivity (Wildman–Crippen MR) is 91.5 cm³/mol. The molecule has 0 amide bonds. The molecule has 2 aromatic carbocycles. The Balaban J connectivity index is 1.39. The van der Waals surface area contributed by atoms with Crippen molar-refractivity contribution in [3.8, 4) is 5.75 Å². The van der Waals surface area contributed by atoms with Gasteiger partial charge in [0.15, 0.2) is 6.29 Å². The number of benzene rings is 2. The maximum atomic E-state index is 10.7. The Morgan fingerprint density at radius 3 is 2.50 bits per heavy atom. The van der Waals surface area contributed by atoms with E-state index in [0.29, 0.717) is 12.4 Å². The number of nitro groups is 1. The molecule has 4 atom stereocenters. The van der Waals surface area contributed by atoms with Gasteiger partial charge in [-0.05, 0) is 18.2 Å². The van der Waals surface area contributed by atoms with Crippen LogP contribution in [0, 0.1) is 10.1 Å². The number of hydrogen-bond acceptors (Lipinski definition) is 6. The topological polar surface area (TPSA) is 80.1 Å². The van der Waals surface area contributed by atoms with Crippen molar-refractivity contribution in [1.29, 1.82) is 0 Å². The summed E-state index contributed by atoms with van der Waals surface area (Å²) in [5.41, 5.74) is 0.974. The minimum absolute atomic E-state index is 0.0125. The first-order chi connectivity index (χ1) is 12.7. The van der Waals surface area contributed by atoms with Crippen LogP contribution in [0.15, 0.2) is 66.7 Å². The molecule has 0 unspecified atom stereocenters. The van der Waals surface area contributed by atoms with Gasteiger partial charge < -0.3 is 18.9 Å². The second kappa shape index (κ2) is 7.25. The minimum atomic E-state index is -0.599. The van der Waals surface area contributed by atoms with Crippen LogP contribution in [0.1, 0.15) is 11.9 Å². The van der Waals surface area contributed by atoms with Gasteiger partial charge in [0.1, 0.15) is 18.0 Å². The highest BCUT2D eigenvalue weighted by atomic mass is 16.7. The fourth-order valence-electron chi connectivity index (χ4n) is 2.88. The van der Waals surface area contributed by atoms with Crippen molar-refractivity contribution in [2.45, 2.75) is 24.8 Å². The standard InChI is InChI=1S/C19H17NO6/c21-20(22)14-6-8-15(9-7-14)24-18-11-10-16-17(25-18)12-23-19(26-16)13-4-2-1-3-5-13/h1-11,16-19H,12H2/t16-,17+,18+,19+/m0/s1. The minimum Gasteiger partial charge on any atom is -0.461 e. The number of fused-ring (bicyclic) bond motifs is 1. The Hall–Kier alpha value is -2.74. The van der Waals surface area contributed by atoms with Gasteiger partial charge in [0.2, 0.25) is 6.29 Å². The SMILES string of the molecule is O=[N+]([O-])c1ccc(O[C@H]2C=C[C@@H]3O[C@H](c4ccccc4)OC[C@H]3O2)cc1. The molecule has 0 saturated carbocycles. The molecular formula is C19H17NO6. The van der Waals surface area contributed by atoms with Crippen molar-refractivity contribution in [1.82, 2.24) is 0 Å². The fraction of sp³-hybridized carbons (Fsp3) is 0.263. The van der Waals surface area contributed by atoms with E-state index >= 15 is 0 Å². The summed E-state index contributed by atoms with van der Waals surface area (Å²) >= 11 is 0. The first-order valence-electron chi connectivity index (χ1n) is 8.26. The number of nitro benzene ring substituents is 1. The number of rotatable bonds is 4. The van der Waals surface area contributed by atoms with E-state index in [1.165, 1.54) is 12.1 Å². The predicted octanol–water partition coefficient (Wildman–Crippen LogP) is 3.37. The number of hydrogen-bond donors (Lipinski definition) is 0. The monoisotopic (exact) mass is 355 g/mol. The smallest absolute Gasteiger partial charge is 0.269 e. The van der Waals surface area contributed by atoms with Gasteiger partial charge in [-0.1, -0.05) is 36.4 Å². The summed E-state index contributed by atoms with van der Waals surface area (Å²) in [4.78, 5) is 10.2. The van der Waals surface area contributed by atoms with Crippen LogP contribution in [-0.2, 0) is 14.2 Å². The van der Waals surface area contributed by atoms with Gasteiger partial charge in [-0.15, -0.1) is 0 Å². The van der Waals surface area contributed by atoms with Crippen molar-refractivity contribution >= 4 is 5.69 Å². The highest BCUT2D eigenvalue weighted by Crippen LogP contribution is 2.31. The van der Waals surface area contributed by atoms with Crippen LogP contribution in [0.5, 0.6) is 5.75 Å². The van der Waals surface area contributed by atoms with Crippen molar-refractivity contribution in [2.24, 2.45) is 0 Å². The van der Waals surface area contributed by atoms with Gasteiger partial charge in [0.25, 0.3) is 5.69 Å². The molecule has 2 aliphatic rings. The molecule has 4 rings (SSSR count). The van der Waals surface area contributed by atoms with Crippen LogP contribution >= 0.6 is 0 Å². The van der Waals surface area contributed by atoms with Crippen molar-refractivity contribution < 1.29 is 23.9 Å². The Labute approximate surface area is 149 Å². The third-order valence-corrected chi connectivity index (χ3v) is 4.20. The molecule has 7 nitrogen and oxygen atoms in total. The molecule has 0 spiro atoms. The Morgan fingerprint density at radius 1 is 1.00 bits per heavy atom. The summed E-state index contributed by atoms with van der Waals surface area (Å²) in [7, 11) is 0. The van der Waals surface area contributed by atoms with Crippen molar-refractivity contribution in [3.63, 3.8) is 0 Å². The van der Waals surface area contributed by atoms with E-state index in [1.54, 1.807) is 18.2 Å². The fourth-order valence-corrected chi connectivity index (χ4v) is 2.88. The largest absolute Gasteiger partial charge is 0.461 e. The molecule has 0 aliphatic carbocycles. The second-order valence-corrected chi connectivity index (χ2v) is 5.97. The van der Waals surface area contributed by atoms with Crippen LogP contribution in [0.2, 0.25) is 0 Å². The molecule has 134 valence electrons. The van der Waals surface area contributed by atoms with Gasteiger partial charge in [0.05, 0.1) is 11.5 Å². The van der Waals surface area contributed by atoms with Crippen LogP contribution in [-0.4, -0.2) is 30.0 Å². The number of ether oxygens (including phenoxy) is 4. The van der Waals surface area contributed by atoms with Crippen LogP contribution in [0.25, 0.3) is 0 Å². The van der Waals surface area contributed by atoms with Crippen molar-refractivity contribution in [2.75, 3.05) is 6.61 Å². The first-order valence-corrected chi connectivity index (χ1v) is 8.26. The van der Waals surface area contributed by atoms with Gasteiger partial charge in [-0.3, -0.25) is 10.1 Å². The third kappa shape index (κ3) is 3.60. The lowest BCUT2D eigenvalue weighted by atomic mass is 10.1. The van der Waals surface area contributed by atoms with E-state index in [1.807, 2.05) is 36.4 Å². The molecule has 1 fully saturated rings. The zero-order valence-electron chi connectivity index (χ0n) is 13.8. The molecule has 2 heterocycles. The number of nitrogens with zero attached hydrogens (tertiary/aromatic N) is 1. The van der Waals surface area contributed by atoms with Gasteiger partial charge in [0, 0.05) is 17.7 Å². The van der Waals surface area contributed by atoms with E-state index in [9.17, 15) is 10.1 Å². The van der Waals surface area contributed by atoms with E-state index in [2.05, 4.69) is 0 Å². The van der Waals surface area contributed by atoms with Gasteiger partial charge in [-0.2, -0.15) is 0 Å². The molecule has 26 heavy (non-hydrogen) atoms. The average molecular weight is 355 g/mol. The summed E-state index contributed by atoms with van der Waals surface area (Å²) in [5.74, 6) is 0.489. The maximum absolute atomic E-state index is 10.7. The van der Waals surface area contributed by atoms with Gasteiger partial charge in [-0.25, -0.2) is 0 Å². The van der Waals surface area contributed by atoms with Crippen LogP contribution in [0.4, 0.5) is 5.69 Å². The zero-order valence-corrected chi connectivity index (χ0v) is 13.8. The Kier molecular flexibility index (Phi) is 4.66. The summed E-state index contributed by atoms with van der Waals surface area (Å²) in [6, 6.07) is 15.6. The van der Waals surface area contributed by atoms with E-state index in [4.69, 9.17) is 18.9 Å². The third-order valence-electron chi connectivity index (χ3n) is 4.20. The van der Waals surface area contributed by atoms with E-state index in [0.717, 1.165) is 5.56 Å². The zero-order chi connectivity index (χ0) is 17.9. The Morgan fingerprint density at radius 2 is 1.77 bits per heavy atom. The Bertz CT molecular complexity index is 791. The van der Waals surface area contributed by atoms with Gasteiger partial charge >= 0.3 is 0 Å². The van der Waals surface area contributed by atoms with E-state index < -0.39 is 17.5 Å². The lowest BCUT2D eigenvalue weighted by Gasteiger charge is -2.38. The lowest BCUT2D eigenvalue weighted by molar-refractivity contribution is -0.384. The summed E-state index contributed by atoms with van der Waals surface area (Å²) in [5, 5.41) is 10.7. The highest BCUT2D eigenvalue weighted by molar-refractivity contribution is 5.36. The first kappa shape index (κ1) is 16.7. The molecule has 1 saturated heterocycles. The number of non-ortho nitro benzene ring substituents is 1. The molecule has 7 heteroatoms. The molecule has 2 aliphatic heterocycles. The quantitative estimate of drug-likeness (QED) is 0.475. The average Bonchev–Trinajstić information content (AvgIpc) is 2.69. The van der Waals surface area contributed by atoms with Crippen LogP contribution < -0.4 is 4.74 Å². The normalized spacial score (nSPS) is 27.5.